The van der Waals surface area contributed by atoms with E-state index in [2.05, 4.69) is 27.5 Å². The van der Waals surface area contributed by atoms with Crippen molar-refractivity contribution in [3.05, 3.63) is 59.7 Å². The fourth-order valence-electron chi connectivity index (χ4n) is 3.90. The van der Waals surface area contributed by atoms with Crippen molar-refractivity contribution < 1.29 is 38.5 Å². The Balaban J connectivity index is 1.35. The summed E-state index contributed by atoms with van der Waals surface area (Å²) >= 11 is 0. The van der Waals surface area contributed by atoms with Gasteiger partial charge in [0.25, 0.3) is 0 Å². The molecule has 10 heteroatoms. The van der Waals surface area contributed by atoms with Gasteiger partial charge in [-0.25, -0.2) is 9.59 Å². The van der Waals surface area contributed by atoms with Gasteiger partial charge in [0.2, 0.25) is 5.91 Å². The van der Waals surface area contributed by atoms with Crippen LogP contribution in [0.4, 0.5) is 4.79 Å². The van der Waals surface area contributed by atoms with Crippen LogP contribution in [0.1, 0.15) is 29.9 Å². The molecule has 1 atom stereocenters. The SMILES string of the molecule is COC(=O)CC[C@@H](NC(=O)COCCNC(=O)OCC1c2ccccc2-c2ccccc21)C(=O)O. The predicted octanol–water partition coefficient (Wildman–Crippen LogP) is 2.06. The molecule has 3 rings (SSSR count). The molecule has 0 aliphatic heterocycles. The molecule has 0 bridgehead atoms. The first-order valence-corrected chi connectivity index (χ1v) is 11.2. The summed E-state index contributed by atoms with van der Waals surface area (Å²) in [6, 6.07) is 14.8. The summed E-state index contributed by atoms with van der Waals surface area (Å²) in [4.78, 5) is 46.4. The Morgan fingerprint density at radius 3 is 2.23 bits per heavy atom. The molecule has 3 N–H and O–H groups in total. The molecule has 186 valence electrons. The fourth-order valence-corrected chi connectivity index (χ4v) is 3.90. The standard InChI is InChI=1S/C25H28N2O8/c1-33-23(29)11-10-21(24(30)31)27-22(28)15-34-13-12-26-25(32)35-14-20-18-8-4-2-6-16(18)17-7-3-5-9-19(17)20/h2-9,20-21H,10-15H2,1H3,(H,26,32)(H,27,28)(H,30,31)/t21-/m1/s1. The molecule has 2 amide bonds. The van der Waals surface area contributed by atoms with Gasteiger partial charge in [-0.15, -0.1) is 0 Å². The predicted molar refractivity (Wildman–Crippen MR) is 125 cm³/mol. The molecule has 0 radical (unpaired) electrons. The van der Waals surface area contributed by atoms with Crippen molar-refractivity contribution in [3.63, 3.8) is 0 Å². The van der Waals surface area contributed by atoms with Gasteiger partial charge in [0.1, 0.15) is 19.3 Å². The molecule has 10 nitrogen and oxygen atoms in total. The van der Waals surface area contributed by atoms with Crippen molar-refractivity contribution in [3.8, 4) is 11.1 Å². The highest BCUT2D eigenvalue weighted by atomic mass is 16.5. The molecule has 0 spiro atoms. The number of esters is 1. The number of hydrogen-bond donors (Lipinski definition) is 3. The van der Waals surface area contributed by atoms with Crippen LogP contribution in [0.2, 0.25) is 0 Å². The van der Waals surface area contributed by atoms with Crippen molar-refractivity contribution in [2.24, 2.45) is 0 Å². The lowest BCUT2D eigenvalue weighted by Gasteiger charge is -2.15. The van der Waals surface area contributed by atoms with Gasteiger partial charge in [-0.05, 0) is 28.7 Å². The van der Waals surface area contributed by atoms with Crippen LogP contribution in [0.3, 0.4) is 0 Å². The Labute approximate surface area is 202 Å². The minimum atomic E-state index is -1.26. The van der Waals surface area contributed by atoms with E-state index >= 15 is 0 Å². The van der Waals surface area contributed by atoms with Gasteiger partial charge in [-0.3, -0.25) is 9.59 Å². The summed E-state index contributed by atoms with van der Waals surface area (Å²) in [6.07, 6.45) is -0.843. The highest BCUT2D eigenvalue weighted by molar-refractivity contribution is 5.84. The van der Waals surface area contributed by atoms with E-state index in [1.54, 1.807) is 0 Å². The summed E-state index contributed by atoms with van der Waals surface area (Å²) in [5.41, 5.74) is 4.50. The minimum absolute atomic E-state index is 0.0253. The average molecular weight is 485 g/mol. The number of carbonyl (C=O) groups excluding carboxylic acids is 3. The molecule has 0 saturated heterocycles. The minimum Gasteiger partial charge on any atom is -0.480 e. The molecule has 0 saturated carbocycles. The number of aliphatic carboxylic acids is 1. The van der Waals surface area contributed by atoms with E-state index in [1.807, 2.05) is 36.4 Å². The molecule has 1 aliphatic carbocycles. The smallest absolute Gasteiger partial charge is 0.407 e. The van der Waals surface area contributed by atoms with Crippen molar-refractivity contribution in [1.82, 2.24) is 10.6 Å². The largest absolute Gasteiger partial charge is 0.480 e. The van der Waals surface area contributed by atoms with Crippen molar-refractivity contribution in [2.75, 3.05) is 33.5 Å². The molecule has 0 fully saturated rings. The van der Waals surface area contributed by atoms with E-state index in [0.29, 0.717) is 0 Å². The van der Waals surface area contributed by atoms with E-state index in [4.69, 9.17) is 14.6 Å². The highest BCUT2D eigenvalue weighted by Gasteiger charge is 2.29. The number of carboxylic acids is 1. The second kappa shape index (κ2) is 12.5. The lowest BCUT2D eigenvalue weighted by Crippen LogP contribution is -2.43. The van der Waals surface area contributed by atoms with Gasteiger partial charge in [-0.2, -0.15) is 0 Å². The van der Waals surface area contributed by atoms with Crippen molar-refractivity contribution in [1.29, 1.82) is 0 Å². The van der Waals surface area contributed by atoms with Crippen LogP contribution < -0.4 is 10.6 Å². The Morgan fingerprint density at radius 2 is 1.63 bits per heavy atom. The zero-order valence-electron chi connectivity index (χ0n) is 19.3. The maximum Gasteiger partial charge on any atom is 0.407 e. The number of carbonyl (C=O) groups is 4. The average Bonchev–Trinajstić information content (AvgIpc) is 3.18. The topological polar surface area (TPSA) is 140 Å². The zero-order chi connectivity index (χ0) is 25.2. The lowest BCUT2D eigenvalue weighted by atomic mass is 9.98. The van der Waals surface area contributed by atoms with E-state index in [-0.39, 0.29) is 38.5 Å². The summed E-state index contributed by atoms with van der Waals surface area (Å²) in [5, 5.41) is 14.0. The lowest BCUT2D eigenvalue weighted by molar-refractivity contribution is -0.144. The van der Waals surface area contributed by atoms with Crippen LogP contribution in [0, 0.1) is 0 Å². The van der Waals surface area contributed by atoms with Gasteiger partial charge in [0, 0.05) is 18.9 Å². The van der Waals surface area contributed by atoms with Crippen LogP contribution in [0.25, 0.3) is 11.1 Å². The van der Waals surface area contributed by atoms with Gasteiger partial charge < -0.3 is 30.0 Å². The highest BCUT2D eigenvalue weighted by Crippen LogP contribution is 2.44. The summed E-state index contributed by atoms with van der Waals surface area (Å²) in [7, 11) is 1.20. The van der Waals surface area contributed by atoms with E-state index in [9.17, 15) is 19.2 Å². The molecule has 1 aliphatic rings. The van der Waals surface area contributed by atoms with Crippen LogP contribution in [0.5, 0.6) is 0 Å². The number of ether oxygens (including phenoxy) is 3. The third kappa shape index (κ3) is 7.03. The number of fused-ring (bicyclic) bond motifs is 3. The molecule has 0 aromatic heterocycles. The summed E-state index contributed by atoms with van der Waals surface area (Å²) in [6.45, 7) is -0.0776. The van der Waals surface area contributed by atoms with Crippen LogP contribution in [-0.2, 0) is 28.6 Å². The Hall–Kier alpha value is -3.92. The molecular formula is C25H28N2O8. The number of amides is 2. The summed E-state index contributed by atoms with van der Waals surface area (Å²) < 4.78 is 15.1. The first-order valence-electron chi connectivity index (χ1n) is 11.2. The number of rotatable bonds is 12. The molecule has 2 aromatic carbocycles. The third-order valence-corrected chi connectivity index (χ3v) is 5.59. The molecule has 2 aromatic rings. The monoisotopic (exact) mass is 484 g/mol. The quantitative estimate of drug-likeness (QED) is 0.307. The normalized spacial score (nSPS) is 12.7. The summed E-state index contributed by atoms with van der Waals surface area (Å²) in [5.74, 6) is -2.53. The maximum absolute atomic E-state index is 12.1. The number of methoxy groups -OCH3 is 1. The Kier molecular flexibility index (Phi) is 9.19. The molecule has 0 unspecified atom stereocenters. The van der Waals surface area contributed by atoms with Crippen LogP contribution in [0.15, 0.2) is 48.5 Å². The number of alkyl carbamates (subject to hydrolysis) is 1. The first-order chi connectivity index (χ1) is 16.9. The number of carboxylic acid groups (broad SMARTS) is 1. The second-order valence-corrected chi connectivity index (χ2v) is 7.88. The number of hydrogen-bond acceptors (Lipinski definition) is 7. The number of benzene rings is 2. The van der Waals surface area contributed by atoms with Gasteiger partial charge in [0.05, 0.1) is 13.7 Å². The Morgan fingerprint density at radius 1 is 1.00 bits per heavy atom. The zero-order valence-corrected chi connectivity index (χ0v) is 19.3. The number of nitrogens with one attached hydrogen (secondary N) is 2. The second-order valence-electron chi connectivity index (χ2n) is 7.88. The first kappa shape index (κ1) is 25.7. The molecule has 0 heterocycles. The maximum atomic E-state index is 12.1. The molecular weight excluding hydrogens is 456 g/mol. The Bertz CT molecular complexity index is 1030. The van der Waals surface area contributed by atoms with Crippen LogP contribution in [-0.4, -0.2) is 68.6 Å². The molecule has 35 heavy (non-hydrogen) atoms. The van der Waals surface area contributed by atoms with Gasteiger partial charge >= 0.3 is 18.0 Å². The van der Waals surface area contributed by atoms with E-state index in [0.717, 1.165) is 22.3 Å². The van der Waals surface area contributed by atoms with Crippen molar-refractivity contribution >= 4 is 23.9 Å². The van der Waals surface area contributed by atoms with E-state index < -0.39 is 36.6 Å². The fraction of sp³-hybridized carbons (Fsp3) is 0.360. The van der Waals surface area contributed by atoms with E-state index in [1.165, 1.54) is 7.11 Å². The van der Waals surface area contributed by atoms with Crippen molar-refractivity contribution in [2.45, 2.75) is 24.8 Å². The third-order valence-electron chi connectivity index (χ3n) is 5.59. The van der Waals surface area contributed by atoms with Gasteiger partial charge in [0.15, 0.2) is 0 Å². The van der Waals surface area contributed by atoms with Gasteiger partial charge in [-0.1, -0.05) is 48.5 Å². The van der Waals surface area contributed by atoms with Crippen LogP contribution >= 0.6 is 0 Å².